The van der Waals surface area contributed by atoms with Crippen LogP contribution in [0.1, 0.15) is 12.5 Å². The van der Waals surface area contributed by atoms with Crippen LogP contribution >= 0.6 is 0 Å². The number of nitrogens with one attached hydrogen (secondary N) is 1. The minimum Gasteiger partial charge on any atom is -0.493 e. The number of carboxylic acid groups (broad SMARTS) is 1. The summed E-state index contributed by atoms with van der Waals surface area (Å²) in [7, 11) is 3.15. The molecule has 1 fully saturated rings. The predicted molar refractivity (Wildman–Crippen MR) is 70.9 cm³/mol. The molecular weight excluding hydrogens is 246 g/mol. The Hall–Kier alpha value is -1.75. The number of carbonyl (C=O) groups is 1. The lowest BCUT2D eigenvalue weighted by molar-refractivity contribution is -0.142. The lowest BCUT2D eigenvalue weighted by Crippen LogP contribution is -2.36. The molecule has 0 spiro atoms. The Morgan fingerprint density at radius 1 is 1.37 bits per heavy atom. The third-order valence-electron chi connectivity index (χ3n) is 3.95. The van der Waals surface area contributed by atoms with Crippen LogP contribution in [0.15, 0.2) is 18.2 Å². The van der Waals surface area contributed by atoms with E-state index in [4.69, 9.17) is 9.47 Å². The molecule has 0 saturated carbocycles. The van der Waals surface area contributed by atoms with E-state index in [2.05, 4.69) is 5.32 Å². The van der Waals surface area contributed by atoms with Crippen molar-refractivity contribution in [3.8, 4) is 11.5 Å². The highest BCUT2D eigenvalue weighted by molar-refractivity contribution is 5.73. The highest BCUT2D eigenvalue weighted by Crippen LogP contribution is 2.39. The van der Waals surface area contributed by atoms with Crippen LogP contribution in [0.4, 0.5) is 0 Å². The van der Waals surface area contributed by atoms with Crippen LogP contribution in [-0.4, -0.2) is 38.4 Å². The van der Waals surface area contributed by atoms with Gasteiger partial charge in [-0.3, -0.25) is 4.79 Å². The minimum atomic E-state index is -0.776. The average Bonchev–Trinajstić information content (AvgIpc) is 2.81. The van der Waals surface area contributed by atoms with Crippen molar-refractivity contribution in [2.75, 3.05) is 27.3 Å². The summed E-state index contributed by atoms with van der Waals surface area (Å²) in [5.41, 5.74) is 0.508. The zero-order valence-electron chi connectivity index (χ0n) is 11.4. The van der Waals surface area contributed by atoms with Crippen molar-refractivity contribution in [2.45, 2.75) is 12.3 Å². The number of carboxylic acids is 1. The standard InChI is InChI=1S/C14H19NO4/c1-14(8-15-7-10(14)13(16)17)9-4-5-11(18-2)12(6-9)19-3/h4-6,10,15H,7-8H2,1-3H3,(H,16,17). The largest absolute Gasteiger partial charge is 0.493 e. The Morgan fingerprint density at radius 3 is 2.63 bits per heavy atom. The second kappa shape index (κ2) is 5.09. The van der Waals surface area contributed by atoms with Crippen LogP contribution < -0.4 is 14.8 Å². The van der Waals surface area contributed by atoms with Crippen LogP contribution in [0.5, 0.6) is 11.5 Å². The first-order valence-electron chi connectivity index (χ1n) is 6.19. The van der Waals surface area contributed by atoms with E-state index in [9.17, 15) is 9.90 Å². The molecule has 1 heterocycles. The molecule has 0 radical (unpaired) electrons. The third-order valence-corrected chi connectivity index (χ3v) is 3.95. The lowest BCUT2D eigenvalue weighted by atomic mass is 9.74. The Bertz CT molecular complexity index is 488. The van der Waals surface area contributed by atoms with Gasteiger partial charge in [-0.2, -0.15) is 0 Å². The molecule has 5 heteroatoms. The van der Waals surface area contributed by atoms with Gasteiger partial charge >= 0.3 is 5.97 Å². The van der Waals surface area contributed by atoms with E-state index in [1.54, 1.807) is 14.2 Å². The van der Waals surface area contributed by atoms with Crippen molar-refractivity contribution >= 4 is 5.97 Å². The molecule has 19 heavy (non-hydrogen) atoms. The van der Waals surface area contributed by atoms with E-state index in [0.29, 0.717) is 24.6 Å². The van der Waals surface area contributed by atoms with Gasteiger partial charge in [0.2, 0.25) is 0 Å². The Morgan fingerprint density at radius 2 is 2.05 bits per heavy atom. The summed E-state index contributed by atoms with van der Waals surface area (Å²) in [5, 5.41) is 12.5. The molecular formula is C14H19NO4. The lowest BCUT2D eigenvalue weighted by Gasteiger charge is -2.29. The first-order chi connectivity index (χ1) is 9.02. The molecule has 0 amide bonds. The van der Waals surface area contributed by atoms with Crippen molar-refractivity contribution in [2.24, 2.45) is 5.92 Å². The van der Waals surface area contributed by atoms with Crippen LogP contribution in [-0.2, 0) is 10.2 Å². The molecule has 2 unspecified atom stereocenters. The zero-order chi connectivity index (χ0) is 14.0. The number of aliphatic carboxylic acids is 1. The Balaban J connectivity index is 2.43. The molecule has 2 rings (SSSR count). The summed E-state index contributed by atoms with van der Waals surface area (Å²) in [5.74, 6) is 0.0535. The van der Waals surface area contributed by atoms with Gasteiger partial charge in [-0.15, -0.1) is 0 Å². The quantitative estimate of drug-likeness (QED) is 0.858. The van der Waals surface area contributed by atoms with Crippen molar-refractivity contribution in [3.63, 3.8) is 0 Å². The molecule has 0 aromatic heterocycles. The molecule has 104 valence electrons. The van der Waals surface area contributed by atoms with Crippen molar-refractivity contribution in [1.29, 1.82) is 0 Å². The smallest absolute Gasteiger partial charge is 0.308 e. The molecule has 1 aromatic rings. The summed E-state index contributed by atoms with van der Waals surface area (Å²) in [6.45, 7) is 3.09. The van der Waals surface area contributed by atoms with E-state index in [1.165, 1.54) is 0 Å². The minimum absolute atomic E-state index is 0.439. The van der Waals surface area contributed by atoms with Crippen molar-refractivity contribution in [3.05, 3.63) is 23.8 Å². The fourth-order valence-electron chi connectivity index (χ4n) is 2.68. The molecule has 1 aliphatic rings. The van der Waals surface area contributed by atoms with Gasteiger partial charge in [0.25, 0.3) is 0 Å². The maximum atomic E-state index is 11.4. The van der Waals surface area contributed by atoms with Gasteiger partial charge in [0.05, 0.1) is 20.1 Å². The van der Waals surface area contributed by atoms with E-state index < -0.39 is 17.3 Å². The molecule has 1 saturated heterocycles. The monoisotopic (exact) mass is 265 g/mol. The van der Waals surface area contributed by atoms with Crippen LogP contribution in [0.25, 0.3) is 0 Å². The molecule has 1 aliphatic heterocycles. The number of benzene rings is 1. The molecule has 2 N–H and O–H groups in total. The average molecular weight is 265 g/mol. The second-order valence-electron chi connectivity index (χ2n) is 5.01. The molecule has 0 aliphatic carbocycles. The van der Waals surface area contributed by atoms with Gasteiger partial charge in [-0.25, -0.2) is 0 Å². The fraction of sp³-hybridized carbons (Fsp3) is 0.500. The third kappa shape index (κ3) is 2.26. The molecule has 0 bridgehead atoms. The summed E-state index contributed by atoms with van der Waals surface area (Å²) < 4.78 is 10.5. The van der Waals surface area contributed by atoms with E-state index in [1.807, 2.05) is 25.1 Å². The van der Waals surface area contributed by atoms with Crippen LogP contribution in [0.2, 0.25) is 0 Å². The van der Waals surface area contributed by atoms with Gasteiger partial charge in [0, 0.05) is 18.5 Å². The first kappa shape index (κ1) is 13.7. The predicted octanol–water partition coefficient (Wildman–Crippen LogP) is 1.27. The van der Waals surface area contributed by atoms with Gasteiger partial charge in [0.1, 0.15) is 0 Å². The molecule has 2 atom stereocenters. The zero-order valence-corrected chi connectivity index (χ0v) is 11.4. The van der Waals surface area contributed by atoms with Crippen LogP contribution in [0.3, 0.4) is 0 Å². The SMILES string of the molecule is COc1ccc(C2(C)CNCC2C(=O)O)cc1OC. The van der Waals surface area contributed by atoms with Crippen LogP contribution in [0, 0.1) is 5.92 Å². The number of rotatable bonds is 4. The first-order valence-corrected chi connectivity index (χ1v) is 6.19. The second-order valence-corrected chi connectivity index (χ2v) is 5.01. The number of ether oxygens (including phenoxy) is 2. The van der Waals surface area contributed by atoms with E-state index >= 15 is 0 Å². The number of hydrogen-bond donors (Lipinski definition) is 2. The number of methoxy groups -OCH3 is 2. The topological polar surface area (TPSA) is 67.8 Å². The number of hydrogen-bond acceptors (Lipinski definition) is 4. The van der Waals surface area contributed by atoms with Crippen molar-refractivity contribution < 1.29 is 19.4 Å². The maximum Gasteiger partial charge on any atom is 0.308 e. The summed E-state index contributed by atoms with van der Waals surface area (Å²) in [6, 6.07) is 5.59. The van der Waals surface area contributed by atoms with Gasteiger partial charge in [-0.05, 0) is 17.7 Å². The summed E-state index contributed by atoms with van der Waals surface area (Å²) in [6.07, 6.45) is 0. The van der Waals surface area contributed by atoms with E-state index in [0.717, 1.165) is 5.56 Å². The highest BCUT2D eigenvalue weighted by atomic mass is 16.5. The highest BCUT2D eigenvalue weighted by Gasteiger charge is 2.44. The fourth-order valence-corrected chi connectivity index (χ4v) is 2.68. The maximum absolute atomic E-state index is 11.4. The molecule has 1 aromatic carbocycles. The summed E-state index contributed by atoms with van der Waals surface area (Å²) >= 11 is 0. The van der Waals surface area contributed by atoms with Gasteiger partial charge in [-0.1, -0.05) is 13.0 Å². The van der Waals surface area contributed by atoms with E-state index in [-0.39, 0.29) is 0 Å². The van der Waals surface area contributed by atoms with Gasteiger partial charge in [0.15, 0.2) is 11.5 Å². The van der Waals surface area contributed by atoms with Crippen molar-refractivity contribution in [1.82, 2.24) is 5.32 Å². The Labute approximate surface area is 112 Å². The normalized spacial score (nSPS) is 26.2. The molecule has 5 nitrogen and oxygen atoms in total. The summed E-state index contributed by atoms with van der Waals surface area (Å²) in [4.78, 5) is 11.4. The van der Waals surface area contributed by atoms with Gasteiger partial charge < -0.3 is 19.9 Å². The Kier molecular flexibility index (Phi) is 3.66.